The van der Waals surface area contributed by atoms with Crippen molar-refractivity contribution in [3.8, 4) is 0 Å². The summed E-state index contributed by atoms with van der Waals surface area (Å²) in [6, 6.07) is 0. The van der Waals surface area contributed by atoms with Crippen molar-refractivity contribution < 1.29 is 55.5 Å². The van der Waals surface area contributed by atoms with E-state index in [2.05, 4.69) is 0 Å². The van der Waals surface area contributed by atoms with E-state index in [4.69, 9.17) is 0 Å². The summed E-state index contributed by atoms with van der Waals surface area (Å²) in [6.07, 6.45) is 0. The number of hydrogen-bond donors (Lipinski definition) is 0. The summed E-state index contributed by atoms with van der Waals surface area (Å²) < 4.78 is 0. The van der Waals surface area contributed by atoms with E-state index in [1.807, 2.05) is 0 Å². The zero-order chi connectivity index (χ0) is 0. The Balaban J connectivity index is 0. The van der Waals surface area contributed by atoms with Gasteiger partial charge in [-0.1, -0.05) is 0 Å². The Kier molecular flexibility index (Phi) is 463. The second kappa shape index (κ2) is 37.1. The predicted molar refractivity (Wildman–Crippen MR) is 17.1 cm³/mol. The van der Waals surface area contributed by atoms with Crippen molar-refractivity contribution in [2.45, 2.75) is 0 Å². The summed E-state index contributed by atoms with van der Waals surface area (Å²) >= 11 is 0. The molecule has 0 aromatic carbocycles. The van der Waals surface area contributed by atoms with Gasteiger partial charge in [0.2, 0.25) is 0 Å². The quantitative estimate of drug-likeness (QED) is 0.457. The van der Waals surface area contributed by atoms with Gasteiger partial charge in [-0.15, -0.1) is 0 Å². The summed E-state index contributed by atoms with van der Waals surface area (Å²) in [4.78, 5) is 0. The molecule has 31 valence electrons. The molecule has 0 aromatic heterocycles. The van der Waals surface area contributed by atoms with E-state index in [0.29, 0.717) is 0 Å². The SMILES string of the molecule is [B].[Cr].[Fe].[SiH4].[W]. The minimum Gasteiger partial charge on any atom is -0.0149 e. The maximum absolute atomic E-state index is 0. The van der Waals surface area contributed by atoms with Crippen LogP contribution < -0.4 is 0 Å². The minimum absolute atomic E-state index is 0. The first kappa shape index (κ1) is 62.3. The molecule has 0 unspecified atom stereocenters. The molecule has 0 rings (SSSR count). The van der Waals surface area contributed by atoms with Gasteiger partial charge < -0.3 is 0 Å². The normalized spacial score (nSPS) is 0. The van der Waals surface area contributed by atoms with Crippen molar-refractivity contribution in [3.05, 3.63) is 0 Å². The zero-order valence-corrected chi connectivity index (χ0v) is 7.06. The Hall–Kier alpha value is 2.02. The fraction of sp³-hybridized carbons (Fsp3) is 0. The average Bonchev–Trinajstić information content (AvgIpc) is 0. The van der Waals surface area contributed by atoms with Crippen molar-refractivity contribution in [2.75, 3.05) is 0 Å². The molecule has 0 aromatic rings. The molecule has 0 saturated carbocycles. The van der Waals surface area contributed by atoms with Crippen LogP contribution in [0.15, 0.2) is 0 Å². The van der Waals surface area contributed by atoms with Crippen LogP contribution in [0.4, 0.5) is 0 Å². The molecule has 0 fully saturated rings. The van der Waals surface area contributed by atoms with Crippen LogP contribution in [-0.4, -0.2) is 19.4 Å². The molecule has 0 bridgehead atoms. The average molecular weight is 335 g/mol. The van der Waals surface area contributed by atoms with Crippen LogP contribution in [0.2, 0.25) is 0 Å². The Bertz CT molecular complexity index is 11.6. The van der Waals surface area contributed by atoms with E-state index in [1.165, 1.54) is 0 Å². The molecule has 0 atom stereocenters. The maximum atomic E-state index is 0. The first-order valence-electron chi connectivity index (χ1n) is 0. The molecule has 5 heteroatoms. The number of hydrogen-bond acceptors (Lipinski definition) is 0. The van der Waals surface area contributed by atoms with Gasteiger partial charge in [-0.3, -0.25) is 0 Å². The van der Waals surface area contributed by atoms with Gasteiger partial charge in [0.05, 0.1) is 0 Å². The van der Waals surface area contributed by atoms with Crippen molar-refractivity contribution in [1.82, 2.24) is 0 Å². The predicted octanol–water partition coefficient (Wildman–Crippen LogP) is -1.84. The van der Waals surface area contributed by atoms with Crippen LogP contribution in [0.5, 0.6) is 0 Å². The fourth-order valence-corrected chi connectivity index (χ4v) is 0. The van der Waals surface area contributed by atoms with Crippen molar-refractivity contribution >= 4 is 19.4 Å². The summed E-state index contributed by atoms with van der Waals surface area (Å²) in [5.41, 5.74) is 0. The summed E-state index contributed by atoms with van der Waals surface area (Å²) in [5, 5.41) is 0. The minimum atomic E-state index is 0. The smallest absolute Gasteiger partial charge is 0 e. The van der Waals surface area contributed by atoms with Gasteiger partial charge in [-0.25, -0.2) is 0 Å². The van der Waals surface area contributed by atoms with Crippen LogP contribution in [0.25, 0.3) is 0 Å². The summed E-state index contributed by atoms with van der Waals surface area (Å²) in [7, 11) is 0. The van der Waals surface area contributed by atoms with Crippen molar-refractivity contribution in [3.63, 3.8) is 0 Å². The molecule has 0 heterocycles. The molecule has 0 saturated heterocycles. The third-order valence-electron chi connectivity index (χ3n) is 0. The molecule has 5 heavy (non-hydrogen) atoms. The van der Waals surface area contributed by atoms with Gasteiger partial charge in [0.15, 0.2) is 0 Å². The van der Waals surface area contributed by atoms with Crippen LogP contribution in [0.1, 0.15) is 0 Å². The van der Waals surface area contributed by atoms with E-state index in [0.717, 1.165) is 0 Å². The van der Waals surface area contributed by atoms with E-state index in [9.17, 15) is 0 Å². The molecule has 0 spiro atoms. The Morgan fingerprint density at radius 1 is 1.00 bits per heavy atom. The monoisotopic (exact) mass is 335 g/mol. The van der Waals surface area contributed by atoms with E-state index >= 15 is 0 Å². The summed E-state index contributed by atoms with van der Waals surface area (Å²) in [5.74, 6) is 0. The fourth-order valence-electron chi connectivity index (χ4n) is 0. The molecule has 3 radical (unpaired) electrons. The molecule has 0 nitrogen and oxygen atoms in total. The molecule has 0 N–H and O–H groups in total. The molecule has 0 aliphatic heterocycles. The molecule has 0 aliphatic carbocycles. The van der Waals surface area contributed by atoms with Crippen LogP contribution in [0, 0.1) is 0 Å². The Labute approximate surface area is 74.3 Å². The van der Waals surface area contributed by atoms with E-state index < -0.39 is 0 Å². The second-order valence-electron chi connectivity index (χ2n) is 0. The Morgan fingerprint density at radius 3 is 1.00 bits per heavy atom. The molecule has 0 aliphatic rings. The topological polar surface area (TPSA) is 0 Å². The van der Waals surface area contributed by atoms with E-state index in [-0.39, 0.29) is 74.9 Å². The number of rotatable bonds is 0. The summed E-state index contributed by atoms with van der Waals surface area (Å²) in [6.45, 7) is 0. The van der Waals surface area contributed by atoms with E-state index in [1.54, 1.807) is 0 Å². The molecule has 0 amide bonds. The second-order valence-corrected chi connectivity index (χ2v) is 0. The first-order chi connectivity index (χ1) is 0. The van der Waals surface area contributed by atoms with Crippen LogP contribution in [-0.2, 0) is 55.5 Å². The molecular formula is H4BCrFeSiW. The maximum Gasteiger partial charge on any atom is 0 e. The third kappa shape index (κ3) is 23.8. The van der Waals surface area contributed by atoms with Gasteiger partial charge in [-0.2, -0.15) is 0 Å². The standard InChI is InChI=1S/B.Cr.Fe.H4Si.W/h;;;1H4;. The van der Waals surface area contributed by atoms with Crippen LogP contribution >= 0.6 is 0 Å². The van der Waals surface area contributed by atoms with Gasteiger partial charge in [-0.05, 0) is 11.0 Å². The van der Waals surface area contributed by atoms with Crippen molar-refractivity contribution in [1.29, 1.82) is 0 Å². The van der Waals surface area contributed by atoms with Gasteiger partial charge >= 0.3 is 0 Å². The zero-order valence-electron chi connectivity index (χ0n) is 1.75. The largest absolute Gasteiger partial charge is 0.0149 e. The molecular weight excluding hydrogens is 331 g/mol. The first-order valence-corrected chi connectivity index (χ1v) is 0. The van der Waals surface area contributed by atoms with Crippen LogP contribution in [0.3, 0.4) is 0 Å². The third-order valence-corrected chi connectivity index (χ3v) is 0. The van der Waals surface area contributed by atoms with Crippen molar-refractivity contribution in [2.24, 2.45) is 0 Å². The van der Waals surface area contributed by atoms with Gasteiger partial charge in [0, 0.05) is 63.9 Å². The van der Waals surface area contributed by atoms with Gasteiger partial charge in [0.25, 0.3) is 0 Å². The Morgan fingerprint density at radius 2 is 1.00 bits per heavy atom. The van der Waals surface area contributed by atoms with Gasteiger partial charge in [0.1, 0.15) is 0 Å².